The Morgan fingerprint density at radius 1 is 0.891 bits per heavy atom. The zero-order valence-corrected chi connectivity index (χ0v) is 32.9. The van der Waals surface area contributed by atoms with Crippen LogP contribution < -0.4 is 0 Å². The van der Waals surface area contributed by atoms with Gasteiger partial charge in [-0.2, -0.15) is 0 Å². The Kier molecular flexibility index (Phi) is 13.6. The summed E-state index contributed by atoms with van der Waals surface area (Å²) in [6, 6.07) is 12.2. The first-order valence-electron chi connectivity index (χ1n) is 16.8. The Morgan fingerprint density at radius 2 is 1.46 bits per heavy atom. The quantitative estimate of drug-likeness (QED) is 0.0985. The second-order valence-electron chi connectivity index (χ2n) is 14.1. The molecule has 4 rings (SSSR count). The van der Waals surface area contributed by atoms with E-state index in [1.807, 2.05) is 41.5 Å². The third-order valence-electron chi connectivity index (χ3n) is 10.0. The molecule has 253 valence electrons. The van der Waals surface area contributed by atoms with Crippen LogP contribution in [0.1, 0.15) is 115 Å². The van der Waals surface area contributed by atoms with Gasteiger partial charge in [-0.3, -0.25) is 9.78 Å². The predicted molar refractivity (Wildman–Crippen MR) is 191 cm³/mol. The van der Waals surface area contributed by atoms with Crippen molar-refractivity contribution < 1.29 is 34.4 Å². The van der Waals surface area contributed by atoms with Crippen LogP contribution in [0.15, 0.2) is 40.5 Å². The van der Waals surface area contributed by atoms with Gasteiger partial charge in [-0.25, -0.2) is 0 Å². The molecular formula is C41H56IrNO3-. The number of aliphatic hydroxyl groups is 1. The molecule has 46 heavy (non-hydrogen) atoms. The second kappa shape index (κ2) is 15.9. The van der Waals surface area contributed by atoms with Crippen molar-refractivity contribution in [3.63, 3.8) is 0 Å². The van der Waals surface area contributed by atoms with E-state index in [0.717, 1.165) is 65.8 Å². The average Bonchev–Trinajstić information content (AvgIpc) is 3.29. The molecule has 4 aromatic rings. The van der Waals surface area contributed by atoms with Crippen LogP contribution in [-0.2, 0) is 31.3 Å². The SMILES string of the molecule is CCC(C)(CC)C(=O)/C=C(\O)C(C)(CC)CC.Cc1[c-]c(-c2nc3cc(C)cc(C)c3c3c(C)c(CC(C)C)oc23)cc(C)c1.[Ir]. The smallest absolute Gasteiger partial charge is 0.164 e. The van der Waals surface area contributed by atoms with Crippen molar-refractivity contribution in [3.05, 3.63) is 75.7 Å². The monoisotopic (exact) mass is 803 g/mol. The van der Waals surface area contributed by atoms with Gasteiger partial charge in [0.05, 0.1) is 5.52 Å². The molecule has 0 spiro atoms. The van der Waals surface area contributed by atoms with Crippen LogP contribution in [0.4, 0.5) is 0 Å². The molecule has 0 aliphatic heterocycles. The number of carbonyl (C=O) groups is 1. The maximum atomic E-state index is 12.2. The maximum Gasteiger partial charge on any atom is 0.164 e. The standard InChI is InChI=1S/C26H28NO.C15H28O2.Ir/c1-14(2)8-22-19(7)24-23-18(6)10-17(5)13-21(23)27-25(26(24)28-22)20-11-15(3)9-16(4)12-20;1-7-14(5,8-2)12(16)11-13(17)15(6,9-3)10-4;/h9-11,13-14H,8H2,1-7H3;11,16H,7-10H2,1-6H3;/q-1;;/b;12-11-;. The molecule has 2 heterocycles. The fourth-order valence-corrected chi connectivity index (χ4v) is 6.01. The van der Waals surface area contributed by atoms with E-state index in [0.29, 0.717) is 5.92 Å². The number of allylic oxidation sites excluding steroid dienone is 2. The molecule has 4 nitrogen and oxygen atoms in total. The molecule has 0 amide bonds. The summed E-state index contributed by atoms with van der Waals surface area (Å²) in [5.41, 5.74) is 9.30. The van der Waals surface area contributed by atoms with E-state index in [1.54, 1.807) is 0 Å². The Balaban J connectivity index is 0.000000356. The summed E-state index contributed by atoms with van der Waals surface area (Å²) in [4.78, 5) is 17.3. The number of pyridine rings is 1. The van der Waals surface area contributed by atoms with Gasteiger partial charge < -0.3 is 9.52 Å². The van der Waals surface area contributed by atoms with E-state index in [9.17, 15) is 9.90 Å². The molecular weight excluding hydrogens is 747 g/mol. The van der Waals surface area contributed by atoms with Gasteiger partial charge in [0.15, 0.2) is 5.78 Å². The summed E-state index contributed by atoms with van der Waals surface area (Å²) in [5, 5.41) is 12.6. The first-order valence-corrected chi connectivity index (χ1v) is 16.8. The zero-order chi connectivity index (χ0) is 33.9. The van der Waals surface area contributed by atoms with Crippen molar-refractivity contribution >= 4 is 27.7 Å². The number of aromatic nitrogens is 1. The van der Waals surface area contributed by atoms with Crippen LogP contribution in [0, 0.1) is 57.4 Å². The molecule has 5 heteroatoms. The Morgan fingerprint density at radius 3 is 1.98 bits per heavy atom. The van der Waals surface area contributed by atoms with E-state index >= 15 is 0 Å². The van der Waals surface area contributed by atoms with E-state index in [-0.39, 0.29) is 42.5 Å². The number of benzene rings is 2. The fraction of sp³-hybridized carbons (Fsp3) is 0.512. The largest absolute Gasteiger partial charge is 0.512 e. The van der Waals surface area contributed by atoms with Crippen molar-refractivity contribution in [2.75, 3.05) is 0 Å². The van der Waals surface area contributed by atoms with Crippen molar-refractivity contribution in [2.24, 2.45) is 16.7 Å². The Bertz CT molecular complexity index is 1680. The molecule has 0 atom stereocenters. The molecule has 0 fully saturated rings. The van der Waals surface area contributed by atoms with Gasteiger partial charge >= 0.3 is 0 Å². The summed E-state index contributed by atoms with van der Waals surface area (Å²) in [6.45, 7) is 27.2. The first-order chi connectivity index (χ1) is 21.0. The number of fused-ring (bicyclic) bond motifs is 3. The van der Waals surface area contributed by atoms with Crippen LogP contribution in [0.5, 0.6) is 0 Å². The van der Waals surface area contributed by atoms with Crippen molar-refractivity contribution in [2.45, 2.75) is 122 Å². The minimum atomic E-state index is -0.337. The summed E-state index contributed by atoms with van der Waals surface area (Å²) >= 11 is 0. The number of carbonyl (C=O) groups excluding carboxylic acids is 1. The van der Waals surface area contributed by atoms with Gasteiger partial charge in [0.2, 0.25) is 0 Å². The fourth-order valence-electron chi connectivity index (χ4n) is 6.01. The van der Waals surface area contributed by atoms with Gasteiger partial charge in [0.25, 0.3) is 0 Å². The Hall–Kier alpha value is -2.75. The Labute approximate surface area is 291 Å². The van der Waals surface area contributed by atoms with E-state index in [4.69, 9.17) is 9.40 Å². The van der Waals surface area contributed by atoms with Gasteiger partial charge in [-0.15, -0.1) is 34.9 Å². The third-order valence-corrected chi connectivity index (χ3v) is 10.0. The normalized spacial score (nSPS) is 12.3. The summed E-state index contributed by atoms with van der Waals surface area (Å²) in [5.74, 6) is 1.90. The summed E-state index contributed by atoms with van der Waals surface area (Å²) in [7, 11) is 0. The molecule has 2 aromatic heterocycles. The number of ketones is 1. The molecule has 2 aromatic carbocycles. The van der Waals surface area contributed by atoms with E-state index in [1.165, 1.54) is 39.1 Å². The van der Waals surface area contributed by atoms with Crippen LogP contribution >= 0.6 is 0 Å². The maximum absolute atomic E-state index is 12.2. The first kappa shape index (κ1) is 39.4. The molecule has 0 unspecified atom stereocenters. The van der Waals surface area contributed by atoms with Crippen molar-refractivity contribution in [1.82, 2.24) is 4.98 Å². The number of nitrogens with zero attached hydrogens (tertiary/aromatic N) is 1. The van der Waals surface area contributed by atoms with Crippen LogP contribution in [0.25, 0.3) is 33.1 Å². The summed E-state index contributed by atoms with van der Waals surface area (Å²) in [6.07, 6.45) is 5.69. The number of rotatable bonds is 10. The van der Waals surface area contributed by atoms with Gasteiger partial charge in [0.1, 0.15) is 17.1 Å². The predicted octanol–water partition coefficient (Wildman–Crippen LogP) is 11.8. The minimum Gasteiger partial charge on any atom is -0.512 e. The van der Waals surface area contributed by atoms with E-state index in [2.05, 4.69) is 78.8 Å². The minimum absolute atomic E-state index is 0. The second-order valence-corrected chi connectivity index (χ2v) is 14.1. The number of hydrogen-bond acceptors (Lipinski definition) is 4. The van der Waals surface area contributed by atoms with Crippen molar-refractivity contribution in [1.29, 1.82) is 0 Å². The number of furan rings is 1. The van der Waals surface area contributed by atoms with E-state index < -0.39 is 0 Å². The van der Waals surface area contributed by atoms with Crippen LogP contribution in [0.3, 0.4) is 0 Å². The molecule has 0 aliphatic rings. The molecule has 0 saturated carbocycles. The van der Waals surface area contributed by atoms with Gasteiger partial charge in [0, 0.05) is 59.9 Å². The topological polar surface area (TPSA) is 63.3 Å². The summed E-state index contributed by atoms with van der Waals surface area (Å²) < 4.78 is 6.49. The zero-order valence-electron chi connectivity index (χ0n) is 30.5. The van der Waals surface area contributed by atoms with Crippen molar-refractivity contribution in [3.8, 4) is 11.3 Å². The van der Waals surface area contributed by atoms with Crippen LogP contribution in [0.2, 0.25) is 0 Å². The van der Waals surface area contributed by atoms with Gasteiger partial charge in [-0.1, -0.05) is 75.3 Å². The molecule has 0 bridgehead atoms. The third kappa shape index (κ3) is 8.39. The number of aliphatic hydroxyl groups excluding tert-OH is 1. The molecule has 1 radical (unpaired) electrons. The average molecular weight is 803 g/mol. The number of hydrogen-bond donors (Lipinski definition) is 1. The molecule has 0 aliphatic carbocycles. The molecule has 0 saturated heterocycles. The molecule has 1 N–H and O–H groups in total. The van der Waals surface area contributed by atoms with Crippen LogP contribution in [-0.4, -0.2) is 15.9 Å². The number of aryl methyl sites for hydroxylation is 5. The van der Waals surface area contributed by atoms with Gasteiger partial charge in [-0.05, 0) is 75.1 Å².